The molecule has 1 atom stereocenters. The number of likely N-dealkylation sites (tertiary alicyclic amines) is 1. The second kappa shape index (κ2) is 4.87. The maximum absolute atomic E-state index is 12.2. The largest absolute Gasteiger partial charge is 0.342 e. The Labute approximate surface area is 110 Å². The van der Waals surface area contributed by atoms with Gasteiger partial charge in [-0.05, 0) is 43.0 Å². The van der Waals surface area contributed by atoms with Crippen LogP contribution in [0.4, 0.5) is 0 Å². The number of amides is 1. The maximum Gasteiger partial charge on any atom is 0.235 e. The number of thioether (sulfide) groups is 1. The van der Waals surface area contributed by atoms with Gasteiger partial charge in [-0.1, -0.05) is 11.8 Å². The number of carbonyl (C=O) groups is 1. The molecule has 0 N–H and O–H groups in total. The number of hydrogen-bond donors (Lipinski definition) is 0. The lowest BCUT2D eigenvalue weighted by Crippen LogP contribution is -2.34. The van der Waals surface area contributed by atoms with Crippen molar-refractivity contribution < 1.29 is 4.79 Å². The lowest BCUT2D eigenvalue weighted by Gasteiger charge is -2.19. The van der Waals surface area contributed by atoms with Crippen LogP contribution in [-0.2, 0) is 4.79 Å². The molecule has 2 fully saturated rings. The molecule has 98 valence electrons. The normalized spacial score (nSPS) is 21.3. The quantitative estimate of drug-likeness (QED) is 0.765. The zero-order valence-electron chi connectivity index (χ0n) is 10.4. The van der Waals surface area contributed by atoms with Gasteiger partial charge in [0.1, 0.15) is 0 Å². The van der Waals surface area contributed by atoms with Gasteiger partial charge in [0, 0.05) is 13.1 Å². The van der Waals surface area contributed by atoms with Crippen LogP contribution in [0.25, 0.3) is 0 Å². The Bertz CT molecular complexity index is 438. The zero-order chi connectivity index (χ0) is 12.5. The second-order valence-corrected chi connectivity index (χ2v) is 6.24. The van der Waals surface area contributed by atoms with Gasteiger partial charge >= 0.3 is 0 Å². The van der Waals surface area contributed by atoms with E-state index in [0.717, 1.165) is 43.9 Å². The Balaban J connectivity index is 1.64. The van der Waals surface area contributed by atoms with Gasteiger partial charge in [0.05, 0.1) is 11.3 Å². The first-order chi connectivity index (χ1) is 8.75. The molecule has 3 rings (SSSR count). The molecule has 0 radical (unpaired) electrons. The van der Waals surface area contributed by atoms with Gasteiger partial charge in [0.2, 0.25) is 11.1 Å². The van der Waals surface area contributed by atoms with Crippen molar-refractivity contribution in [3.05, 3.63) is 0 Å². The van der Waals surface area contributed by atoms with E-state index in [1.807, 2.05) is 16.5 Å². The third kappa shape index (κ3) is 2.36. The van der Waals surface area contributed by atoms with Crippen LogP contribution in [0.5, 0.6) is 0 Å². The fourth-order valence-corrected chi connectivity index (χ4v) is 3.16. The second-order valence-electron chi connectivity index (χ2n) is 4.93. The highest BCUT2D eigenvalue weighted by atomic mass is 32.2. The van der Waals surface area contributed by atoms with Crippen LogP contribution in [0, 0.1) is 0 Å². The number of carbonyl (C=O) groups excluding carboxylic acids is 1. The summed E-state index contributed by atoms with van der Waals surface area (Å²) in [6, 6.07) is 0.455. The van der Waals surface area contributed by atoms with Crippen LogP contribution >= 0.6 is 11.8 Å². The van der Waals surface area contributed by atoms with Gasteiger partial charge in [-0.2, -0.15) is 0 Å². The number of nitrogens with zero attached hydrogens (tertiary/aromatic N) is 5. The standard InChI is InChI=1S/C11H17N5OS/c1-8(10(17)15-6-2-3-7-15)18-11-12-13-14-16(11)9-4-5-9/h8-9H,2-7H2,1H3. The molecule has 1 saturated heterocycles. The van der Waals surface area contributed by atoms with E-state index in [-0.39, 0.29) is 11.2 Å². The van der Waals surface area contributed by atoms with Crippen LogP contribution in [0.3, 0.4) is 0 Å². The molecule has 0 spiro atoms. The van der Waals surface area contributed by atoms with Crippen molar-refractivity contribution in [3.63, 3.8) is 0 Å². The molecule has 1 amide bonds. The summed E-state index contributed by atoms with van der Waals surface area (Å²) in [5.41, 5.74) is 0. The highest BCUT2D eigenvalue weighted by Gasteiger charge is 2.30. The molecule has 1 aromatic rings. The molecule has 2 heterocycles. The molecule has 18 heavy (non-hydrogen) atoms. The predicted octanol–water partition coefficient (Wildman–Crippen LogP) is 1.11. The van der Waals surface area contributed by atoms with Crippen molar-refractivity contribution in [2.24, 2.45) is 0 Å². The highest BCUT2D eigenvalue weighted by molar-refractivity contribution is 8.00. The fourth-order valence-electron chi connectivity index (χ4n) is 2.21. The smallest absolute Gasteiger partial charge is 0.235 e. The molecular weight excluding hydrogens is 250 g/mol. The molecule has 1 aromatic heterocycles. The van der Waals surface area contributed by atoms with Crippen molar-refractivity contribution in [1.29, 1.82) is 0 Å². The fraction of sp³-hybridized carbons (Fsp3) is 0.818. The number of tetrazole rings is 1. The lowest BCUT2D eigenvalue weighted by molar-refractivity contribution is -0.129. The Morgan fingerprint density at radius 2 is 2.11 bits per heavy atom. The Morgan fingerprint density at radius 3 is 2.78 bits per heavy atom. The Morgan fingerprint density at radius 1 is 1.39 bits per heavy atom. The van der Waals surface area contributed by atoms with Crippen molar-refractivity contribution in [3.8, 4) is 0 Å². The third-order valence-corrected chi connectivity index (χ3v) is 4.44. The van der Waals surface area contributed by atoms with E-state index in [0.29, 0.717) is 6.04 Å². The molecule has 1 aliphatic carbocycles. The SMILES string of the molecule is CC(Sc1nnnn1C1CC1)C(=O)N1CCCC1. The van der Waals surface area contributed by atoms with Crippen molar-refractivity contribution in [2.75, 3.05) is 13.1 Å². The predicted molar refractivity (Wildman–Crippen MR) is 67.2 cm³/mol. The summed E-state index contributed by atoms with van der Waals surface area (Å²) in [5, 5.41) is 12.4. The van der Waals surface area contributed by atoms with Crippen molar-refractivity contribution >= 4 is 17.7 Å². The first-order valence-electron chi connectivity index (χ1n) is 6.49. The van der Waals surface area contributed by atoms with E-state index >= 15 is 0 Å². The third-order valence-electron chi connectivity index (χ3n) is 3.40. The Kier molecular flexibility index (Phi) is 3.23. The molecule has 7 heteroatoms. The molecule has 6 nitrogen and oxygen atoms in total. The molecular formula is C11H17N5OS. The Hall–Kier alpha value is -1.11. The van der Waals surface area contributed by atoms with Gasteiger partial charge in [0.15, 0.2) is 0 Å². The molecule has 0 bridgehead atoms. The topological polar surface area (TPSA) is 63.9 Å². The number of aromatic nitrogens is 4. The van der Waals surface area contributed by atoms with E-state index in [9.17, 15) is 4.79 Å². The van der Waals surface area contributed by atoms with Crippen LogP contribution in [0.1, 0.15) is 38.6 Å². The first-order valence-corrected chi connectivity index (χ1v) is 7.37. The van der Waals surface area contributed by atoms with E-state index in [1.165, 1.54) is 11.8 Å². The van der Waals surface area contributed by atoms with E-state index in [1.54, 1.807) is 0 Å². The zero-order valence-corrected chi connectivity index (χ0v) is 11.3. The minimum absolute atomic E-state index is 0.105. The molecule has 1 unspecified atom stereocenters. The van der Waals surface area contributed by atoms with E-state index in [2.05, 4.69) is 15.5 Å². The summed E-state index contributed by atoms with van der Waals surface area (Å²) in [7, 11) is 0. The summed E-state index contributed by atoms with van der Waals surface area (Å²) in [6.07, 6.45) is 4.55. The van der Waals surface area contributed by atoms with Crippen molar-refractivity contribution in [2.45, 2.75) is 49.1 Å². The molecule has 1 aliphatic heterocycles. The van der Waals surface area contributed by atoms with Gasteiger partial charge < -0.3 is 4.90 Å². The number of hydrogen-bond acceptors (Lipinski definition) is 5. The number of rotatable bonds is 4. The maximum atomic E-state index is 12.2. The van der Waals surface area contributed by atoms with E-state index < -0.39 is 0 Å². The lowest BCUT2D eigenvalue weighted by atomic mass is 10.4. The average molecular weight is 267 g/mol. The van der Waals surface area contributed by atoms with Gasteiger partial charge in [-0.15, -0.1) is 5.10 Å². The summed E-state index contributed by atoms with van der Waals surface area (Å²) >= 11 is 1.48. The summed E-state index contributed by atoms with van der Waals surface area (Å²) in [4.78, 5) is 14.1. The highest BCUT2D eigenvalue weighted by Crippen LogP contribution is 2.37. The summed E-state index contributed by atoms with van der Waals surface area (Å²) < 4.78 is 1.86. The van der Waals surface area contributed by atoms with Crippen LogP contribution in [0.2, 0.25) is 0 Å². The van der Waals surface area contributed by atoms with Crippen LogP contribution < -0.4 is 0 Å². The van der Waals surface area contributed by atoms with Gasteiger partial charge in [-0.25, -0.2) is 4.68 Å². The van der Waals surface area contributed by atoms with Gasteiger partial charge in [0.25, 0.3) is 0 Å². The minimum Gasteiger partial charge on any atom is -0.342 e. The summed E-state index contributed by atoms with van der Waals surface area (Å²) in [6.45, 7) is 3.74. The van der Waals surface area contributed by atoms with Gasteiger partial charge in [-0.3, -0.25) is 4.79 Å². The average Bonchev–Trinajstić information content (AvgIpc) is 2.91. The summed E-state index contributed by atoms with van der Waals surface area (Å²) in [5.74, 6) is 0.211. The molecule has 2 aliphatic rings. The first kappa shape index (κ1) is 12.0. The molecule has 1 saturated carbocycles. The molecule has 0 aromatic carbocycles. The monoisotopic (exact) mass is 267 g/mol. The van der Waals surface area contributed by atoms with Crippen LogP contribution in [0.15, 0.2) is 5.16 Å². The van der Waals surface area contributed by atoms with E-state index in [4.69, 9.17) is 0 Å². The minimum atomic E-state index is -0.105. The van der Waals surface area contributed by atoms with Crippen molar-refractivity contribution in [1.82, 2.24) is 25.1 Å². The van der Waals surface area contributed by atoms with Crippen LogP contribution in [-0.4, -0.2) is 49.4 Å².